The van der Waals surface area contributed by atoms with Crippen molar-refractivity contribution in [1.82, 2.24) is 10.2 Å². The predicted octanol–water partition coefficient (Wildman–Crippen LogP) is 3.10. The van der Waals surface area contributed by atoms with Gasteiger partial charge in [-0.3, -0.25) is 5.10 Å². The SMILES string of the molecule is OC(CCl)CNc1c(Br)cc(Br)c2[nH]ncc12. The van der Waals surface area contributed by atoms with Crippen molar-refractivity contribution in [3.63, 3.8) is 0 Å². The molecule has 0 amide bonds. The van der Waals surface area contributed by atoms with Crippen molar-refractivity contribution < 1.29 is 5.11 Å². The van der Waals surface area contributed by atoms with Crippen molar-refractivity contribution in [3.05, 3.63) is 21.2 Å². The largest absolute Gasteiger partial charge is 0.390 e. The molecule has 92 valence electrons. The summed E-state index contributed by atoms with van der Waals surface area (Å²) in [6.07, 6.45) is 1.16. The summed E-state index contributed by atoms with van der Waals surface area (Å²) in [7, 11) is 0. The number of fused-ring (bicyclic) bond motifs is 1. The molecule has 2 rings (SSSR count). The first-order chi connectivity index (χ1) is 8.13. The molecule has 7 heteroatoms. The number of aliphatic hydroxyl groups is 1. The lowest BCUT2D eigenvalue weighted by Crippen LogP contribution is -2.21. The number of nitrogens with one attached hydrogen (secondary N) is 2. The Hall–Kier alpha value is -0.300. The number of anilines is 1. The second-order valence-electron chi connectivity index (χ2n) is 3.56. The molecule has 4 nitrogen and oxygen atoms in total. The Kier molecular flexibility index (Phi) is 4.30. The summed E-state index contributed by atoms with van der Waals surface area (Å²) < 4.78 is 1.83. The van der Waals surface area contributed by atoms with Gasteiger partial charge in [-0.15, -0.1) is 11.6 Å². The summed E-state index contributed by atoms with van der Waals surface area (Å²) in [5.41, 5.74) is 1.80. The Morgan fingerprint density at radius 3 is 2.94 bits per heavy atom. The molecule has 0 aliphatic carbocycles. The van der Waals surface area contributed by atoms with Gasteiger partial charge in [-0.2, -0.15) is 5.10 Å². The van der Waals surface area contributed by atoms with Gasteiger partial charge in [0.1, 0.15) is 0 Å². The topological polar surface area (TPSA) is 60.9 Å². The summed E-state index contributed by atoms with van der Waals surface area (Å²) in [4.78, 5) is 0. The van der Waals surface area contributed by atoms with Crippen LogP contribution in [0.5, 0.6) is 0 Å². The third-order valence-corrected chi connectivity index (χ3v) is 3.94. The van der Waals surface area contributed by atoms with Gasteiger partial charge >= 0.3 is 0 Å². The molecule has 0 aliphatic heterocycles. The molecule has 1 aromatic heterocycles. The average molecular weight is 383 g/mol. The van der Waals surface area contributed by atoms with Crippen LogP contribution in [-0.2, 0) is 0 Å². The molecule has 17 heavy (non-hydrogen) atoms. The van der Waals surface area contributed by atoms with Gasteiger partial charge in [0, 0.05) is 20.9 Å². The van der Waals surface area contributed by atoms with Crippen molar-refractivity contribution in [3.8, 4) is 0 Å². The number of aromatic amines is 1. The van der Waals surface area contributed by atoms with Crippen molar-refractivity contribution in [1.29, 1.82) is 0 Å². The molecule has 1 atom stereocenters. The van der Waals surface area contributed by atoms with E-state index in [0.29, 0.717) is 6.54 Å². The smallest absolute Gasteiger partial charge is 0.0847 e. The number of alkyl halides is 1. The molecule has 1 heterocycles. The van der Waals surface area contributed by atoms with E-state index < -0.39 is 6.10 Å². The zero-order valence-electron chi connectivity index (χ0n) is 8.67. The molecule has 0 radical (unpaired) electrons. The van der Waals surface area contributed by atoms with Crippen molar-refractivity contribution in [2.45, 2.75) is 6.10 Å². The third kappa shape index (κ3) is 2.76. The Morgan fingerprint density at radius 1 is 1.47 bits per heavy atom. The number of rotatable bonds is 4. The molecule has 2 aromatic rings. The molecular formula is C10H10Br2ClN3O. The maximum absolute atomic E-state index is 9.44. The van der Waals surface area contributed by atoms with E-state index in [2.05, 4.69) is 47.4 Å². The van der Waals surface area contributed by atoms with E-state index in [9.17, 15) is 5.11 Å². The standard InChI is InChI=1S/C10H10Br2ClN3O/c11-7-1-8(12)10-6(4-15-16-10)9(7)14-3-5(17)2-13/h1,4-5,14,17H,2-3H2,(H,15,16). The van der Waals surface area contributed by atoms with Crippen LogP contribution in [0.1, 0.15) is 0 Å². The number of halogens is 3. The van der Waals surface area contributed by atoms with Crippen LogP contribution in [0.15, 0.2) is 21.2 Å². The van der Waals surface area contributed by atoms with E-state index in [1.807, 2.05) is 6.07 Å². The molecule has 1 aromatic carbocycles. The minimum absolute atomic E-state index is 0.204. The molecule has 3 N–H and O–H groups in total. The second kappa shape index (κ2) is 5.56. The van der Waals surface area contributed by atoms with Gasteiger partial charge in [0.05, 0.1) is 29.4 Å². The lowest BCUT2D eigenvalue weighted by atomic mass is 10.2. The number of hydrogen-bond donors (Lipinski definition) is 3. The molecule has 0 aliphatic rings. The van der Waals surface area contributed by atoms with Gasteiger partial charge in [0.25, 0.3) is 0 Å². The quantitative estimate of drug-likeness (QED) is 0.711. The highest BCUT2D eigenvalue weighted by Gasteiger charge is 2.12. The molecule has 1 unspecified atom stereocenters. The van der Waals surface area contributed by atoms with Crippen molar-refractivity contribution in [2.75, 3.05) is 17.7 Å². The van der Waals surface area contributed by atoms with E-state index in [-0.39, 0.29) is 5.88 Å². The van der Waals surface area contributed by atoms with Crippen LogP contribution in [0, 0.1) is 0 Å². The molecular weight excluding hydrogens is 373 g/mol. The molecule has 0 saturated carbocycles. The van der Waals surface area contributed by atoms with Gasteiger partial charge in [-0.1, -0.05) is 0 Å². The minimum atomic E-state index is -0.575. The monoisotopic (exact) mass is 381 g/mol. The molecule has 0 saturated heterocycles. The van der Waals surface area contributed by atoms with Gasteiger partial charge in [-0.25, -0.2) is 0 Å². The summed E-state index contributed by atoms with van der Waals surface area (Å²) >= 11 is 12.5. The van der Waals surface area contributed by atoms with Crippen LogP contribution in [0.3, 0.4) is 0 Å². The van der Waals surface area contributed by atoms with Crippen LogP contribution in [0.2, 0.25) is 0 Å². The van der Waals surface area contributed by atoms with Crippen LogP contribution >= 0.6 is 43.5 Å². The third-order valence-electron chi connectivity index (χ3n) is 2.33. The molecule has 0 fully saturated rings. The van der Waals surface area contributed by atoms with Gasteiger partial charge in [0.2, 0.25) is 0 Å². The Bertz CT molecular complexity index is 531. The lowest BCUT2D eigenvalue weighted by molar-refractivity contribution is 0.211. The van der Waals surface area contributed by atoms with Crippen molar-refractivity contribution >= 4 is 60.1 Å². The van der Waals surface area contributed by atoms with Gasteiger partial charge in [-0.05, 0) is 37.9 Å². The molecule has 0 bridgehead atoms. The first-order valence-electron chi connectivity index (χ1n) is 4.92. The lowest BCUT2D eigenvalue weighted by Gasteiger charge is -2.13. The fourth-order valence-corrected chi connectivity index (χ4v) is 3.03. The summed E-state index contributed by atoms with van der Waals surface area (Å²) in [6, 6.07) is 1.93. The normalized spacial score (nSPS) is 12.9. The minimum Gasteiger partial charge on any atom is -0.390 e. The number of aliphatic hydroxyl groups excluding tert-OH is 1. The van der Waals surface area contributed by atoms with E-state index in [1.165, 1.54) is 0 Å². The highest BCUT2D eigenvalue weighted by atomic mass is 79.9. The summed E-state index contributed by atoms with van der Waals surface area (Å²) in [5.74, 6) is 0.204. The number of hydrogen-bond acceptors (Lipinski definition) is 3. The highest BCUT2D eigenvalue weighted by Crippen LogP contribution is 2.35. The van der Waals surface area contributed by atoms with Crippen LogP contribution in [0.25, 0.3) is 10.9 Å². The average Bonchev–Trinajstić information content (AvgIpc) is 2.77. The van der Waals surface area contributed by atoms with E-state index in [1.54, 1.807) is 6.20 Å². The number of benzene rings is 1. The Balaban J connectivity index is 2.35. The Morgan fingerprint density at radius 2 is 2.24 bits per heavy atom. The second-order valence-corrected chi connectivity index (χ2v) is 5.58. The van der Waals surface area contributed by atoms with E-state index >= 15 is 0 Å². The summed E-state index contributed by atoms with van der Waals surface area (Å²) in [5, 5.41) is 20.5. The Labute approximate surface area is 120 Å². The maximum atomic E-state index is 9.44. The molecule has 0 spiro atoms. The number of H-pyrrole nitrogens is 1. The maximum Gasteiger partial charge on any atom is 0.0847 e. The van der Waals surface area contributed by atoms with Gasteiger partial charge in [0.15, 0.2) is 0 Å². The highest BCUT2D eigenvalue weighted by molar-refractivity contribution is 9.11. The first-order valence-corrected chi connectivity index (χ1v) is 7.04. The van der Waals surface area contributed by atoms with Crippen LogP contribution in [0.4, 0.5) is 5.69 Å². The van der Waals surface area contributed by atoms with Crippen molar-refractivity contribution in [2.24, 2.45) is 0 Å². The zero-order valence-corrected chi connectivity index (χ0v) is 12.6. The fraction of sp³-hybridized carbons (Fsp3) is 0.300. The van der Waals surface area contributed by atoms with Crippen LogP contribution in [-0.4, -0.2) is 33.8 Å². The first kappa shape index (κ1) is 13.1. The van der Waals surface area contributed by atoms with Gasteiger partial charge < -0.3 is 10.4 Å². The predicted molar refractivity (Wildman–Crippen MR) is 76.7 cm³/mol. The van der Waals surface area contributed by atoms with Crippen LogP contribution < -0.4 is 5.32 Å². The zero-order chi connectivity index (χ0) is 12.4. The fourth-order valence-electron chi connectivity index (χ4n) is 1.50. The van der Waals surface area contributed by atoms with E-state index in [4.69, 9.17) is 11.6 Å². The summed E-state index contributed by atoms with van der Waals surface area (Å²) in [6.45, 7) is 0.393. The number of nitrogens with zero attached hydrogens (tertiary/aromatic N) is 1. The van der Waals surface area contributed by atoms with E-state index in [0.717, 1.165) is 25.5 Å². The number of aromatic nitrogens is 2.